The molecule has 0 bridgehead atoms. The lowest BCUT2D eigenvalue weighted by atomic mass is 9.92. The number of aromatic hydroxyl groups is 1. The van der Waals surface area contributed by atoms with E-state index in [1.165, 1.54) is 13.2 Å². The number of carboxylic acids is 1. The average Bonchev–Trinajstić information content (AvgIpc) is 2.44. The number of phenols is 1. The summed E-state index contributed by atoms with van der Waals surface area (Å²) < 4.78 is 5.24. The number of benzene rings is 1. The van der Waals surface area contributed by atoms with Crippen LogP contribution in [0.25, 0.3) is 0 Å². The van der Waals surface area contributed by atoms with Gasteiger partial charge in [-0.2, -0.15) is 0 Å². The summed E-state index contributed by atoms with van der Waals surface area (Å²) in [5, 5.41) is 19.3. The predicted octanol–water partition coefficient (Wildman–Crippen LogP) is 2.11. The van der Waals surface area contributed by atoms with Crippen molar-refractivity contribution in [2.75, 3.05) is 20.2 Å². The third-order valence-electron chi connectivity index (χ3n) is 3.77. The van der Waals surface area contributed by atoms with E-state index in [0.717, 1.165) is 18.5 Å². The Morgan fingerprint density at radius 3 is 2.95 bits per heavy atom. The molecule has 0 amide bonds. The SMILES string of the molecule is COC1(C(=O)O)CCCN(Cc2cccc(O)c2Cl)C1. The number of rotatable bonds is 4. The Kier molecular flexibility index (Phi) is 4.52. The molecule has 0 aromatic heterocycles. The Hall–Kier alpha value is -1.30. The molecule has 1 aliphatic heterocycles. The minimum absolute atomic E-state index is 0.0393. The summed E-state index contributed by atoms with van der Waals surface area (Å²) in [5.41, 5.74) is -0.370. The van der Waals surface area contributed by atoms with E-state index in [0.29, 0.717) is 24.5 Å². The maximum atomic E-state index is 11.4. The second-order valence-electron chi connectivity index (χ2n) is 5.07. The third kappa shape index (κ3) is 2.90. The fourth-order valence-electron chi connectivity index (χ4n) is 2.60. The molecule has 1 atom stereocenters. The van der Waals surface area contributed by atoms with Gasteiger partial charge in [-0.3, -0.25) is 4.90 Å². The molecule has 5 nitrogen and oxygen atoms in total. The van der Waals surface area contributed by atoms with E-state index < -0.39 is 11.6 Å². The van der Waals surface area contributed by atoms with Crippen molar-refractivity contribution < 1.29 is 19.7 Å². The highest BCUT2D eigenvalue weighted by Crippen LogP contribution is 2.30. The fourth-order valence-corrected chi connectivity index (χ4v) is 2.79. The van der Waals surface area contributed by atoms with Crippen molar-refractivity contribution in [3.8, 4) is 5.75 Å². The van der Waals surface area contributed by atoms with Gasteiger partial charge in [-0.25, -0.2) is 4.79 Å². The first-order valence-corrected chi connectivity index (χ1v) is 6.83. The number of piperidine rings is 1. The minimum Gasteiger partial charge on any atom is -0.506 e. The van der Waals surface area contributed by atoms with Gasteiger partial charge in [0.2, 0.25) is 0 Å². The van der Waals surface area contributed by atoms with Gasteiger partial charge in [0.25, 0.3) is 0 Å². The molecule has 1 unspecified atom stereocenters. The molecule has 0 spiro atoms. The summed E-state index contributed by atoms with van der Waals surface area (Å²) in [6.07, 6.45) is 1.25. The number of carbonyl (C=O) groups is 1. The van der Waals surface area contributed by atoms with Crippen molar-refractivity contribution in [3.63, 3.8) is 0 Å². The van der Waals surface area contributed by atoms with E-state index in [2.05, 4.69) is 0 Å². The molecule has 1 fully saturated rings. The monoisotopic (exact) mass is 299 g/mol. The molecule has 1 aromatic carbocycles. The number of carboxylic acid groups (broad SMARTS) is 1. The average molecular weight is 300 g/mol. The molecule has 0 radical (unpaired) electrons. The summed E-state index contributed by atoms with van der Waals surface area (Å²) in [5.74, 6) is -0.899. The van der Waals surface area contributed by atoms with Gasteiger partial charge in [0.1, 0.15) is 5.75 Å². The maximum absolute atomic E-state index is 11.4. The number of phenolic OH excluding ortho intramolecular Hbond substituents is 1. The van der Waals surface area contributed by atoms with Crippen LogP contribution < -0.4 is 0 Å². The molecule has 2 rings (SSSR count). The van der Waals surface area contributed by atoms with E-state index in [4.69, 9.17) is 16.3 Å². The van der Waals surface area contributed by atoms with Crippen molar-refractivity contribution in [2.45, 2.75) is 25.0 Å². The van der Waals surface area contributed by atoms with Gasteiger partial charge in [-0.1, -0.05) is 23.7 Å². The molecular weight excluding hydrogens is 282 g/mol. The molecular formula is C14H18ClNO4. The van der Waals surface area contributed by atoms with E-state index >= 15 is 0 Å². The number of aliphatic carboxylic acids is 1. The zero-order valence-corrected chi connectivity index (χ0v) is 12.1. The zero-order chi connectivity index (χ0) is 14.8. The normalized spacial score (nSPS) is 23.7. The van der Waals surface area contributed by atoms with Crippen molar-refractivity contribution >= 4 is 17.6 Å². The van der Waals surface area contributed by atoms with Gasteiger partial charge in [0.05, 0.1) is 5.02 Å². The smallest absolute Gasteiger partial charge is 0.337 e. The van der Waals surface area contributed by atoms with Crippen LogP contribution in [-0.2, 0) is 16.1 Å². The molecule has 1 aromatic rings. The van der Waals surface area contributed by atoms with Gasteiger partial charge in [0, 0.05) is 20.2 Å². The topological polar surface area (TPSA) is 70.0 Å². The van der Waals surface area contributed by atoms with Gasteiger partial charge in [-0.15, -0.1) is 0 Å². The Bertz CT molecular complexity index is 508. The lowest BCUT2D eigenvalue weighted by molar-refractivity contribution is -0.169. The summed E-state index contributed by atoms with van der Waals surface area (Å²) in [4.78, 5) is 13.4. The maximum Gasteiger partial charge on any atom is 0.337 e. The standard InChI is InChI=1S/C14H18ClNO4/c1-20-14(13(18)19)6-3-7-16(9-14)8-10-4-2-5-11(17)12(10)15/h2,4-5,17H,3,6-9H2,1H3,(H,18,19). The molecule has 2 N–H and O–H groups in total. The number of hydrogen-bond acceptors (Lipinski definition) is 4. The molecule has 20 heavy (non-hydrogen) atoms. The van der Waals surface area contributed by atoms with E-state index in [1.807, 2.05) is 11.0 Å². The van der Waals surface area contributed by atoms with Crippen LogP contribution in [0.1, 0.15) is 18.4 Å². The van der Waals surface area contributed by atoms with Crippen LogP contribution in [0.15, 0.2) is 18.2 Å². The second-order valence-corrected chi connectivity index (χ2v) is 5.45. The van der Waals surface area contributed by atoms with Crippen LogP contribution in [0.3, 0.4) is 0 Å². The summed E-state index contributed by atoms with van der Waals surface area (Å²) in [7, 11) is 1.43. The quantitative estimate of drug-likeness (QED) is 0.891. The van der Waals surface area contributed by atoms with Crippen molar-refractivity contribution in [2.24, 2.45) is 0 Å². The summed E-state index contributed by atoms with van der Waals surface area (Å²) in [6.45, 7) is 1.58. The number of halogens is 1. The number of ether oxygens (including phenoxy) is 1. The Balaban J connectivity index is 2.14. The van der Waals surface area contributed by atoms with Gasteiger partial charge < -0.3 is 14.9 Å². The fraction of sp³-hybridized carbons (Fsp3) is 0.500. The molecule has 6 heteroatoms. The molecule has 1 saturated heterocycles. The molecule has 1 heterocycles. The van der Waals surface area contributed by atoms with Crippen molar-refractivity contribution in [1.82, 2.24) is 4.90 Å². The van der Waals surface area contributed by atoms with E-state index in [-0.39, 0.29) is 5.75 Å². The Morgan fingerprint density at radius 2 is 2.30 bits per heavy atom. The minimum atomic E-state index is -1.15. The largest absolute Gasteiger partial charge is 0.506 e. The highest BCUT2D eigenvalue weighted by molar-refractivity contribution is 6.32. The number of hydrogen-bond donors (Lipinski definition) is 2. The van der Waals surface area contributed by atoms with Gasteiger partial charge >= 0.3 is 5.97 Å². The number of methoxy groups -OCH3 is 1. The van der Waals surface area contributed by atoms with Gasteiger partial charge in [-0.05, 0) is 31.0 Å². The summed E-state index contributed by atoms with van der Waals surface area (Å²) >= 11 is 6.06. The first-order valence-electron chi connectivity index (χ1n) is 6.46. The summed E-state index contributed by atoms with van der Waals surface area (Å²) in [6, 6.07) is 5.08. The number of likely N-dealkylation sites (tertiary alicyclic amines) is 1. The molecule has 0 aliphatic carbocycles. The highest BCUT2D eigenvalue weighted by atomic mass is 35.5. The molecule has 0 saturated carbocycles. The van der Waals surface area contributed by atoms with Gasteiger partial charge in [0.15, 0.2) is 5.60 Å². The first kappa shape index (κ1) is 15.1. The van der Waals surface area contributed by atoms with E-state index in [9.17, 15) is 15.0 Å². The second kappa shape index (κ2) is 5.99. The highest BCUT2D eigenvalue weighted by Gasteiger charge is 2.42. The van der Waals surface area contributed by atoms with Crippen LogP contribution in [0.5, 0.6) is 5.75 Å². The van der Waals surface area contributed by atoms with Crippen LogP contribution in [0.4, 0.5) is 0 Å². The van der Waals surface area contributed by atoms with Crippen LogP contribution in [0, 0.1) is 0 Å². The molecule has 1 aliphatic rings. The third-order valence-corrected chi connectivity index (χ3v) is 4.20. The Labute approximate surface area is 122 Å². The predicted molar refractivity (Wildman–Crippen MR) is 75.0 cm³/mol. The lowest BCUT2D eigenvalue weighted by Gasteiger charge is -2.38. The lowest BCUT2D eigenvalue weighted by Crippen LogP contribution is -2.54. The van der Waals surface area contributed by atoms with Crippen molar-refractivity contribution in [3.05, 3.63) is 28.8 Å². The van der Waals surface area contributed by atoms with Crippen LogP contribution in [-0.4, -0.2) is 46.9 Å². The van der Waals surface area contributed by atoms with Crippen LogP contribution in [0.2, 0.25) is 5.02 Å². The first-order chi connectivity index (χ1) is 9.48. The number of nitrogens with zero attached hydrogens (tertiary/aromatic N) is 1. The van der Waals surface area contributed by atoms with E-state index in [1.54, 1.807) is 6.07 Å². The molecule has 110 valence electrons. The zero-order valence-electron chi connectivity index (χ0n) is 11.3. The van der Waals surface area contributed by atoms with Crippen molar-refractivity contribution in [1.29, 1.82) is 0 Å². The Morgan fingerprint density at radius 1 is 1.55 bits per heavy atom. The van der Waals surface area contributed by atoms with Crippen LogP contribution >= 0.6 is 11.6 Å².